The van der Waals surface area contributed by atoms with E-state index in [9.17, 15) is 14.4 Å². The van der Waals surface area contributed by atoms with Crippen LogP contribution in [0.3, 0.4) is 0 Å². The van der Waals surface area contributed by atoms with Crippen LogP contribution in [0.5, 0.6) is 0 Å². The number of carbonyl (C=O) groups is 3. The minimum absolute atomic E-state index is 0.0248. The SMILES string of the molecule is CC(C)C(NC(C)(C)C)C(=O)N[C@@H](CCCNC(N)=O)C(=O)C(C)(C)C. The molecule has 0 saturated carbocycles. The van der Waals surface area contributed by atoms with E-state index in [1.165, 1.54) is 0 Å². The minimum Gasteiger partial charge on any atom is -0.352 e. The summed E-state index contributed by atoms with van der Waals surface area (Å²) in [6.07, 6.45) is 0.997. The monoisotopic (exact) mass is 370 g/mol. The van der Waals surface area contributed by atoms with Crippen molar-refractivity contribution >= 4 is 17.7 Å². The van der Waals surface area contributed by atoms with Gasteiger partial charge in [-0.3, -0.25) is 9.59 Å². The Bertz CT molecular complexity index is 490. The molecule has 0 aliphatic rings. The average molecular weight is 371 g/mol. The summed E-state index contributed by atoms with van der Waals surface area (Å²) in [6.45, 7) is 15.8. The zero-order valence-corrected chi connectivity index (χ0v) is 17.7. The average Bonchev–Trinajstić information content (AvgIpc) is 2.44. The van der Waals surface area contributed by atoms with Gasteiger partial charge in [0, 0.05) is 17.5 Å². The van der Waals surface area contributed by atoms with Crippen molar-refractivity contribution in [1.82, 2.24) is 16.0 Å². The fraction of sp³-hybridized carbons (Fsp3) is 0.842. The number of hydrogen-bond acceptors (Lipinski definition) is 4. The highest BCUT2D eigenvalue weighted by atomic mass is 16.2. The molecule has 3 amide bonds. The minimum atomic E-state index is -0.597. The van der Waals surface area contributed by atoms with E-state index in [0.29, 0.717) is 19.4 Å². The molecule has 0 spiro atoms. The van der Waals surface area contributed by atoms with Crippen LogP contribution in [0.25, 0.3) is 0 Å². The van der Waals surface area contributed by atoms with Crippen molar-refractivity contribution in [3.8, 4) is 0 Å². The molecule has 1 unspecified atom stereocenters. The second-order valence-corrected chi connectivity index (χ2v) is 9.22. The quantitative estimate of drug-likeness (QED) is 0.465. The van der Waals surface area contributed by atoms with Gasteiger partial charge in [0.2, 0.25) is 5.91 Å². The number of primary amides is 1. The maximum absolute atomic E-state index is 12.8. The van der Waals surface area contributed by atoms with E-state index in [-0.39, 0.29) is 23.1 Å². The highest BCUT2D eigenvalue weighted by molar-refractivity contribution is 5.93. The molecule has 26 heavy (non-hydrogen) atoms. The maximum atomic E-state index is 12.8. The summed E-state index contributed by atoms with van der Waals surface area (Å²) >= 11 is 0. The zero-order valence-electron chi connectivity index (χ0n) is 17.7. The van der Waals surface area contributed by atoms with Crippen LogP contribution in [0, 0.1) is 11.3 Å². The molecule has 0 heterocycles. The number of hydrogen-bond donors (Lipinski definition) is 4. The molecule has 2 atom stereocenters. The maximum Gasteiger partial charge on any atom is 0.312 e. The van der Waals surface area contributed by atoms with Crippen molar-refractivity contribution in [2.45, 2.75) is 85.9 Å². The topological polar surface area (TPSA) is 113 Å². The summed E-state index contributed by atoms with van der Waals surface area (Å²) < 4.78 is 0. The summed E-state index contributed by atoms with van der Waals surface area (Å²) in [5.41, 5.74) is 4.27. The third-order valence-corrected chi connectivity index (χ3v) is 3.88. The van der Waals surface area contributed by atoms with E-state index in [0.717, 1.165) is 0 Å². The van der Waals surface area contributed by atoms with Crippen molar-refractivity contribution in [3.05, 3.63) is 0 Å². The number of rotatable bonds is 9. The molecule has 0 radical (unpaired) electrons. The normalized spacial score (nSPS) is 14.7. The molecule has 0 aromatic rings. The van der Waals surface area contributed by atoms with E-state index in [4.69, 9.17) is 5.73 Å². The number of urea groups is 1. The van der Waals surface area contributed by atoms with Gasteiger partial charge < -0.3 is 21.7 Å². The smallest absolute Gasteiger partial charge is 0.312 e. The third-order valence-electron chi connectivity index (χ3n) is 3.88. The molecule has 0 aromatic heterocycles. The molecule has 0 bridgehead atoms. The highest BCUT2D eigenvalue weighted by Crippen LogP contribution is 2.19. The van der Waals surface area contributed by atoms with Crippen LogP contribution in [0.4, 0.5) is 4.79 Å². The second kappa shape index (κ2) is 9.90. The molecule has 5 N–H and O–H groups in total. The highest BCUT2D eigenvalue weighted by Gasteiger charge is 2.33. The standard InChI is InChI=1S/C19H38N4O3/c1-12(2)14(23-19(6,7)8)16(25)22-13(15(24)18(3,4)5)10-9-11-21-17(20)26/h12-14,23H,9-11H2,1-8H3,(H,22,25)(H3,20,21,26)/t13-,14?/m0/s1. The van der Waals surface area contributed by atoms with Crippen LogP contribution in [-0.2, 0) is 9.59 Å². The van der Waals surface area contributed by atoms with E-state index in [1.807, 2.05) is 55.4 Å². The lowest BCUT2D eigenvalue weighted by atomic mass is 9.84. The Morgan fingerprint density at radius 3 is 1.92 bits per heavy atom. The van der Waals surface area contributed by atoms with Crippen LogP contribution in [0.2, 0.25) is 0 Å². The lowest BCUT2D eigenvalue weighted by Gasteiger charge is -2.32. The van der Waals surface area contributed by atoms with Gasteiger partial charge >= 0.3 is 6.03 Å². The largest absolute Gasteiger partial charge is 0.352 e. The van der Waals surface area contributed by atoms with Crippen molar-refractivity contribution in [3.63, 3.8) is 0 Å². The molecule has 0 aromatic carbocycles. The van der Waals surface area contributed by atoms with Gasteiger partial charge in [-0.05, 0) is 39.5 Å². The van der Waals surface area contributed by atoms with Crippen molar-refractivity contribution in [2.75, 3.05) is 6.54 Å². The summed E-state index contributed by atoms with van der Waals surface area (Å²) in [5.74, 6) is -0.125. The van der Waals surface area contributed by atoms with E-state index in [2.05, 4.69) is 16.0 Å². The van der Waals surface area contributed by atoms with Gasteiger partial charge in [0.05, 0.1) is 12.1 Å². The predicted molar refractivity (Wildman–Crippen MR) is 105 cm³/mol. The van der Waals surface area contributed by atoms with Gasteiger partial charge in [0.25, 0.3) is 0 Å². The van der Waals surface area contributed by atoms with Crippen LogP contribution in [0.15, 0.2) is 0 Å². The molecule has 7 nitrogen and oxygen atoms in total. The van der Waals surface area contributed by atoms with Gasteiger partial charge in [-0.2, -0.15) is 0 Å². The first-order chi connectivity index (χ1) is 11.6. The first-order valence-electron chi connectivity index (χ1n) is 9.31. The third kappa shape index (κ3) is 9.75. The Balaban J connectivity index is 5.14. The predicted octanol–water partition coefficient (Wildman–Crippen LogP) is 1.95. The molecular formula is C19H38N4O3. The van der Waals surface area contributed by atoms with Gasteiger partial charge in [-0.1, -0.05) is 34.6 Å². The Kier molecular flexibility index (Phi) is 9.28. The molecule has 0 aliphatic carbocycles. The van der Waals surface area contributed by atoms with Crippen LogP contribution in [-0.4, -0.2) is 41.9 Å². The summed E-state index contributed by atoms with van der Waals surface area (Å²) in [6, 6.07) is -1.59. The molecule has 0 fully saturated rings. The van der Waals surface area contributed by atoms with Gasteiger partial charge in [0.1, 0.15) is 0 Å². The number of nitrogens with two attached hydrogens (primary N) is 1. The molecule has 7 heteroatoms. The fourth-order valence-corrected chi connectivity index (χ4v) is 2.57. The molecule has 0 aliphatic heterocycles. The number of amides is 3. The van der Waals surface area contributed by atoms with Crippen molar-refractivity contribution in [1.29, 1.82) is 0 Å². The summed E-state index contributed by atoms with van der Waals surface area (Å²) in [4.78, 5) is 36.4. The number of Topliss-reactive ketones (excluding diaryl/α,β-unsaturated/α-hetero) is 1. The first kappa shape index (κ1) is 24.4. The Morgan fingerprint density at radius 1 is 1.00 bits per heavy atom. The molecule has 0 saturated heterocycles. The van der Waals surface area contributed by atoms with Crippen LogP contribution < -0.4 is 21.7 Å². The zero-order chi connectivity index (χ0) is 20.7. The van der Waals surface area contributed by atoms with E-state index in [1.54, 1.807) is 0 Å². The first-order valence-corrected chi connectivity index (χ1v) is 9.31. The molecule has 0 rings (SSSR count). The summed E-state index contributed by atoms with van der Waals surface area (Å²) in [5, 5.41) is 8.75. The Morgan fingerprint density at radius 2 is 1.54 bits per heavy atom. The van der Waals surface area contributed by atoms with E-state index >= 15 is 0 Å². The lowest BCUT2D eigenvalue weighted by molar-refractivity contribution is -0.134. The van der Waals surface area contributed by atoms with Gasteiger partial charge in [-0.25, -0.2) is 4.79 Å². The van der Waals surface area contributed by atoms with Crippen molar-refractivity contribution < 1.29 is 14.4 Å². The molecule has 152 valence electrons. The summed E-state index contributed by atoms with van der Waals surface area (Å²) in [7, 11) is 0. The van der Waals surface area contributed by atoms with Crippen molar-refractivity contribution in [2.24, 2.45) is 17.1 Å². The van der Waals surface area contributed by atoms with E-state index < -0.39 is 23.5 Å². The number of carbonyl (C=O) groups excluding carboxylic acids is 3. The molecular weight excluding hydrogens is 332 g/mol. The number of ketones is 1. The Hall–Kier alpha value is -1.63. The van der Waals surface area contributed by atoms with Crippen LogP contribution >= 0.6 is 0 Å². The Labute approximate surface area is 158 Å². The number of nitrogens with one attached hydrogen (secondary N) is 3. The van der Waals surface area contributed by atoms with Gasteiger partial charge in [-0.15, -0.1) is 0 Å². The van der Waals surface area contributed by atoms with Crippen LogP contribution in [0.1, 0.15) is 68.2 Å². The fourth-order valence-electron chi connectivity index (χ4n) is 2.57. The lowest BCUT2D eigenvalue weighted by Crippen LogP contribution is -2.57. The van der Waals surface area contributed by atoms with Gasteiger partial charge in [0.15, 0.2) is 5.78 Å². The second-order valence-electron chi connectivity index (χ2n) is 9.22.